The molecule has 0 spiro atoms. The minimum absolute atomic E-state index is 0.0805. The maximum atomic E-state index is 13.3. The number of aryl methyl sites for hydroxylation is 1. The quantitative estimate of drug-likeness (QED) is 0.191. The van der Waals surface area contributed by atoms with Crippen molar-refractivity contribution in [3.05, 3.63) is 94.2 Å². The number of ether oxygens (including phenoxy) is 2. The van der Waals surface area contributed by atoms with Crippen molar-refractivity contribution >= 4 is 39.7 Å². The molecule has 8 nitrogen and oxygen atoms in total. The van der Waals surface area contributed by atoms with Gasteiger partial charge in [0, 0.05) is 51.6 Å². The largest absolute Gasteiger partial charge is 0.494 e. The van der Waals surface area contributed by atoms with Gasteiger partial charge in [0.1, 0.15) is 24.2 Å². The fourth-order valence-electron chi connectivity index (χ4n) is 3.42. The number of nitrogens with one attached hydrogen (secondary N) is 1. The van der Waals surface area contributed by atoms with Crippen molar-refractivity contribution in [3.8, 4) is 17.6 Å². The molecule has 2 aromatic heterocycles. The highest BCUT2D eigenvalue weighted by molar-refractivity contribution is 6.32. The summed E-state index contributed by atoms with van der Waals surface area (Å²) in [6.45, 7) is -3.46. The number of nitriles is 1. The predicted molar refractivity (Wildman–Crippen MR) is 162 cm³/mol. The Balaban J connectivity index is 1.91. The third-order valence-electron chi connectivity index (χ3n) is 5.17. The molecule has 0 aliphatic carbocycles. The third-order valence-corrected chi connectivity index (χ3v) is 5.44. The van der Waals surface area contributed by atoms with Crippen LogP contribution in [0.5, 0.6) is 11.5 Å². The van der Waals surface area contributed by atoms with Crippen molar-refractivity contribution in [2.24, 2.45) is 0 Å². The van der Waals surface area contributed by atoms with E-state index in [1.165, 1.54) is 14.0 Å². The van der Waals surface area contributed by atoms with Crippen molar-refractivity contribution in [2.75, 3.05) is 32.4 Å². The number of rotatable bonds is 12. The molecule has 0 fully saturated rings. The molecule has 0 unspecified atom stereocenters. The molecule has 1 N–H and O–H groups in total. The topological polar surface area (TPSA) is 100 Å². The van der Waals surface area contributed by atoms with Gasteiger partial charge in [-0.05, 0) is 70.2 Å². The summed E-state index contributed by atoms with van der Waals surface area (Å²) in [5.74, 6) is -2.11. The molecule has 41 heavy (non-hydrogen) atoms. The fraction of sp³-hybridized carbons (Fsp3) is 0.250. The lowest BCUT2D eigenvalue weighted by Gasteiger charge is -2.16. The SMILES string of the molecule is [2H]/C(=C\CN(C)C([2H])([2H])[2H])C(=O)Cc1c(OC([2H])([2H])C)c([2H])c2nc([2H])c(C#N)c(Nc3c([2H])c([2H])c(OCc4nc(C)c([2H])c([2H])c4[2H])c(Cl)c3[2H])c2c1[2H]. The molecule has 0 aliphatic heterocycles. The van der Waals surface area contributed by atoms with Gasteiger partial charge in [-0.1, -0.05) is 23.7 Å². The van der Waals surface area contributed by atoms with Crippen LogP contribution in [0.15, 0.2) is 66.6 Å². The number of aromatic nitrogens is 2. The maximum Gasteiger partial charge on any atom is 0.159 e. The zero-order chi connectivity index (χ0) is 42.4. The number of likely N-dealkylation sites (N-methyl/N-ethyl adjacent to an activating group) is 1. The lowest BCUT2D eigenvalue weighted by molar-refractivity contribution is -0.114. The van der Waals surface area contributed by atoms with Crippen LogP contribution in [0.4, 0.5) is 11.4 Å². The zero-order valence-electron chi connectivity index (χ0n) is 37.1. The Bertz CT molecular complexity index is 2310. The van der Waals surface area contributed by atoms with Gasteiger partial charge in [-0.3, -0.25) is 14.8 Å². The lowest BCUT2D eigenvalue weighted by atomic mass is 10.0. The predicted octanol–water partition coefficient (Wildman–Crippen LogP) is 6.41. The van der Waals surface area contributed by atoms with Crippen molar-refractivity contribution in [3.63, 3.8) is 0 Å². The van der Waals surface area contributed by atoms with Gasteiger partial charge >= 0.3 is 0 Å². The molecule has 2 aromatic carbocycles. The monoisotopic (exact) mass is 584 g/mol. The number of hydrogen-bond donors (Lipinski definition) is 1. The first kappa shape index (κ1) is 15.5. The standard InChI is InChI=1S/C32H32ClN5O3/c1-5-40-31-17-29-27(15-22(31)14-26(39)10-7-13-38(3)4)32(23(18-34)19-35-29)37-24-11-12-30(28(33)16-24)41-20-25-9-6-8-21(2)36-25/h6-12,15-17,19H,5,13-14,20H2,1-4H3,(H,35,37)/b10-7+/i3D3,5D2,6D,8D,9D,10D,11D,12D,15D,16D,17D,19D. The fourth-order valence-corrected chi connectivity index (χ4v) is 3.61. The number of fused-ring (bicyclic) bond motifs is 1. The van der Waals surface area contributed by atoms with Crippen LogP contribution in [0.25, 0.3) is 10.9 Å². The second-order valence-electron chi connectivity index (χ2n) is 8.33. The maximum absolute atomic E-state index is 13.3. The van der Waals surface area contributed by atoms with Crippen LogP contribution < -0.4 is 14.8 Å². The van der Waals surface area contributed by atoms with E-state index >= 15 is 0 Å². The number of anilines is 2. The van der Waals surface area contributed by atoms with Gasteiger partial charge in [-0.2, -0.15) is 5.26 Å². The number of carbonyl (C=O) groups is 1. The van der Waals surface area contributed by atoms with E-state index in [-0.39, 0.29) is 24.0 Å². The second kappa shape index (κ2) is 13.8. The molecule has 2 heterocycles. The summed E-state index contributed by atoms with van der Waals surface area (Å²) < 4.78 is 134. The van der Waals surface area contributed by atoms with E-state index in [4.69, 9.17) is 41.6 Å². The minimum atomic E-state index is -2.53. The Labute approximate surface area is 266 Å². The number of hydrogen-bond acceptors (Lipinski definition) is 8. The Kier molecular flexibility index (Phi) is 5.21. The van der Waals surface area contributed by atoms with Crippen LogP contribution in [0.2, 0.25) is 5.02 Å². The molecule has 0 atom stereocenters. The normalized spacial score (nSPS) is 17.3. The molecule has 0 amide bonds. The van der Waals surface area contributed by atoms with Gasteiger partial charge in [0.2, 0.25) is 0 Å². The molecule has 0 radical (unpaired) electrons. The van der Waals surface area contributed by atoms with Crippen molar-refractivity contribution in [1.82, 2.24) is 14.9 Å². The Hall–Kier alpha value is -4.45. The van der Waals surface area contributed by atoms with Crippen LogP contribution in [0, 0.1) is 18.3 Å². The Morgan fingerprint density at radius 3 is 2.93 bits per heavy atom. The summed E-state index contributed by atoms with van der Waals surface area (Å²) in [7, 11) is 1.24. The molecule has 0 aliphatic rings. The number of ketones is 1. The van der Waals surface area contributed by atoms with Gasteiger partial charge in [-0.25, -0.2) is 0 Å². The summed E-state index contributed by atoms with van der Waals surface area (Å²) in [5, 5.41) is 11.8. The number of nitrogens with zero attached hydrogens (tertiary/aromatic N) is 4. The summed E-state index contributed by atoms with van der Waals surface area (Å²) >= 11 is 6.46. The molecule has 0 saturated heterocycles. The Morgan fingerprint density at radius 2 is 2.15 bits per heavy atom. The summed E-state index contributed by atoms with van der Waals surface area (Å²) in [6, 6.07) is -3.53. The smallest absolute Gasteiger partial charge is 0.159 e. The van der Waals surface area contributed by atoms with Gasteiger partial charge in [-0.15, -0.1) is 0 Å². The van der Waals surface area contributed by atoms with Gasteiger partial charge < -0.3 is 19.7 Å². The third kappa shape index (κ3) is 7.82. The minimum Gasteiger partial charge on any atom is -0.494 e. The second-order valence-corrected chi connectivity index (χ2v) is 8.71. The highest BCUT2D eigenvalue weighted by Crippen LogP contribution is 2.36. The van der Waals surface area contributed by atoms with Crippen LogP contribution in [-0.4, -0.2) is 47.8 Å². The summed E-state index contributed by atoms with van der Waals surface area (Å²) in [5.41, 5.74) is -2.44. The van der Waals surface area contributed by atoms with Crippen LogP contribution in [0.1, 0.15) is 50.0 Å². The van der Waals surface area contributed by atoms with Crippen molar-refractivity contribution < 1.29 is 34.8 Å². The molecule has 0 bridgehead atoms. The van der Waals surface area contributed by atoms with Gasteiger partial charge in [0.25, 0.3) is 0 Å². The lowest BCUT2D eigenvalue weighted by Crippen LogP contribution is -2.11. The van der Waals surface area contributed by atoms with Crippen molar-refractivity contribution in [2.45, 2.75) is 26.9 Å². The number of allylic oxidation sites excluding steroid dienone is 1. The highest BCUT2D eigenvalue weighted by atomic mass is 35.5. The molecule has 210 valence electrons. The summed E-state index contributed by atoms with van der Waals surface area (Å²) in [6.07, 6.45) is -0.596. The number of pyridine rings is 2. The van der Waals surface area contributed by atoms with E-state index in [1.54, 1.807) is 6.07 Å². The number of halogens is 1. The van der Waals surface area contributed by atoms with Crippen LogP contribution >= 0.6 is 11.6 Å². The molecule has 9 heteroatoms. The first-order valence-corrected chi connectivity index (χ1v) is 12.3. The van der Waals surface area contributed by atoms with E-state index in [0.717, 1.165) is 17.9 Å². The molecular weight excluding hydrogens is 538 g/mol. The number of benzene rings is 2. The van der Waals surface area contributed by atoms with Gasteiger partial charge in [0.15, 0.2) is 5.78 Å². The van der Waals surface area contributed by atoms with Gasteiger partial charge in [0.05, 0.1) is 50.5 Å². The van der Waals surface area contributed by atoms with E-state index in [1.807, 2.05) is 0 Å². The Morgan fingerprint density at radius 1 is 1.29 bits per heavy atom. The van der Waals surface area contributed by atoms with E-state index in [0.29, 0.717) is 0 Å². The zero-order valence-corrected chi connectivity index (χ0v) is 22.8. The van der Waals surface area contributed by atoms with Crippen LogP contribution in [0.3, 0.4) is 0 Å². The average molecular weight is 585 g/mol. The molecular formula is C32H32ClN5O3. The average Bonchev–Trinajstić information content (AvgIpc) is 3.11. The molecule has 4 rings (SSSR count). The van der Waals surface area contributed by atoms with E-state index in [2.05, 4.69) is 15.3 Å². The first-order valence-electron chi connectivity index (χ1n) is 19.4. The van der Waals surface area contributed by atoms with E-state index < -0.39 is 137 Å². The van der Waals surface area contributed by atoms with Crippen LogP contribution in [-0.2, 0) is 17.8 Å². The first-order chi connectivity index (χ1) is 25.8. The summed E-state index contributed by atoms with van der Waals surface area (Å²) in [4.78, 5) is 22.2. The highest BCUT2D eigenvalue weighted by Gasteiger charge is 2.16. The van der Waals surface area contributed by atoms with Crippen molar-refractivity contribution in [1.29, 1.82) is 5.26 Å². The molecule has 0 saturated carbocycles. The van der Waals surface area contributed by atoms with E-state index in [9.17, 15) is 10.1 Å². The number of carbonyl (C=O) groups excluding carboxylic acids is 1. The molecule has 4 aromatic rings.